The molecule has 0 unspecified atom stereocenters. The standard InChI is InChI=1S/2C17H16N2O6S2/c1-26(22,23)12-5-3-11(4-6-12)10-19-15-9-13(27(2,24)25)7-8-14(15)16(18-19)17(20)21;1-26(22,23)12-5-3-11(4-6-12)10-19-16(17(20)21)14-8-7-13(27(2,24)25)9-15(14)18-19/h2*3-9H,10H2,1-2H3,(H,20,21). The van der Waals surface area contributed by atoms with E-state index < -0.39 is 51.3 Å². The van der Waals surface area contributed by atoms with E-state index in [0.717, 1.165) is 25.0 Å². The van der Waals surface area contributed by atoms with Crippen molar-refractivity contribution in [3.8, 4) is 0 Å². The maximum atomic E-state index is 11.8. The Hall–Kier alpha value is -5.44. The normalized spacial score (nSPS) is 12.4. The fraction of sp³-hybridized carbons (Fsp3) is 0.176. The Morgan fingerprint density at radius 3 is 1.35 bits per heavy atom. The third kappa shape index (κ3) is 8.84. The molecular formula is C34H32N4O12S4. The smallest absolute Gasteiger partial charge is 0.357 e. The second kappa shape index (κ2) is 14.4. The van der Waals surface area contributed by atoms with Gasteiger partial charge in [0.2, 0.25) is 0 Å². The van der Waals surface area contributed by atoms with E-state index in [1.807, 2.05) is 0 Å². The highest BCUT2D eigenvalue weighted by Gasteiger charge is 2.21. The van der Waals surface area contributed by atoms with Gasteiger partial charge < -0.3 is 10.2 Å². The zero-order valence-electron chi connectivity index (χ0n) is 28.9. The molecule has 0 saturated heterocycles. The van der Waals surface area contributed by atoms with E-state index in [9.17, 15) is 53.5 Å². The molecule has 0 saturated carbocycles. The van der Waals surface area contributed by atoms with Gasteiger partial charge in [-0.15, -0.1) is 0 Å². The van der Waals surface area contributed by atoms with Crippen molar-refractivity contribution in [2.24, 2.45) is 0 Å². The second-order valence-electron chi connectivity index (χ2n) is 12.4. The van der Waals surface area contributed by atoms with Crippen molar-refractivity contribution >= 4 is 73.1 Å². The van der Waals surface area contributed by atoms with Crippen molar-refractivity contribution in [2.45, 2.75) is 32.7 Å². The van der Waals surface area contributed by atoms with Gasteiger partial charge >= 0.3 is 11.9 Å². The Kier molecular flexibility index (Phi) is 10.6. The lowest BCUT2D eigenvalue weighted by atomic mass is 10.2. The number of carboxylic acids is 2. The van der Waals surface area contributed by atoms with E-state index in [1.54, 1.807) is 24.3 Å². The summed E-state index contributed by atoms with van der Waals surface area (Å²) in [5.41, 5.74) is 1.70. The molecule has 6 rings (SSSR count). The number of fused-ring (bicyclic) bond motifs is 2. The van der Waals surface area contributed by atoms with E-state index in [4.69, 9.17) is 0 Å². The quantitative estimate of drug-likeness (QED) is 0.202. The van der Waals surface area contributed by atoms with Gasteiger partial charge in [-0.1, -0.05) is 24.3 Å². The molecule has 0 fully saturated rings. The van der Waals surface area contributed by atoms with Crippen LogP contribution in [0.2, 0.25) is 0 Å². The molecule has 0 atom stereocenters. The van der Waals surface area contributed by atoms with Gasteiger partial charge in [-0.25, -0.2) is 43.3 Å². The lowest BCUT2D eigenvalue weighted by Crippen LogP contribution is -2.11. The van der Waals surface area contributed by atoms with Crippen LogP contribution >= 0.6 is 0 Å². The molecule has 0 aliphatic carbocycles. The first kappa shape index (κ1) is 39.8. The number of hydrogen-bond donors (Lipinski definition) is 2. The summed E-state index contributed by atoms with van der Waals surface area (Å²) in [5, 5.41) is 27.9. The number of benzene rings is 4. The molecule has 284 valence electrons. The molecule has 0 spiro atoms. The lowest BCUT2D eigenvalue weighted by molar-refractivity contribution is 0.0677. The molecule has 16 nitrogen and oxygen atoms in total. The van der Waals surface area contributed by atoms with E-state index in [2.05, 4.69) is 10.2 Å². The molecular weight excluding hydrogens is 785 g/mol. The topological polar surface area (TPSA) is 247 Å². The number of rotatable bonds is 10. The summed E-state index contributed by atoms with van der Waals surface area (Å²) in [6, 6.07) is 20.4. The summed E-state index contributed by atoms with van der Waals surface area (Å²) in [7, 11) is -13.6. The van der Waals surface area contributed by atoms with Crippen molar-refractivity contribution in [1.29, 1.82) is 0 Å². The molecule has 2 N–H and O–H groups in total. The average Bonchev–Trinajstić information content (AvgIpc) is 3.61. The van der Waals surface area contributed by atoms with Gasteiger partial charge in [0.15, 0.2) is 50.7 Å². The maximum Gasteiger partial charge on any atom is 0.357 e. The number of sulfone groups is 4. The van der Waals surface area contributed by atoms with Crippen LogP contribution < -0.4 is 0 Å². The Bertz CT molecular complexity index is 2910. The summed E-state index contributed by atoms with van der Waals surface area (Å²) in [6.07, 6.45) is 4.34. The zero-order chi connectivity index (χ0) is 40.0. The van der Waals surface area contributed by atoms with Crippen LogP contribution in [-0.4, -0.2) is 100 Å². The highest BCUT2D eigenvalue weighted by molar-refractivity contribution is 7.91. The van der Waals surface area contributed by atoms with E-state index in [1.165, 1.54) is 70.0 Å². The van der Waals surface area contributed by atoms with Gasteiger partial charge in [-0.3, -0.25) is 9.36 Å². The zero-order valence-corrected chi connectivity index (χ0v) is 32.2. The van der Waals surface area contributed by atoms with Gasteiger partial charge in [0.25, 0.3) is 0 Å². The number of hydrogen-bond acceptors (Lipinski definition) is 12. The molecule has 0 aliphatic heterocycles. The first-order valence-electron chi connectivity index (χ1n) is 15.4. The highest BCUT2D eigenvalue weighted by Crippen LogP contribution is 2.25. The van der Waals surface area contributed by atoms with Crippen LogP contribution in [0.1, 0.15) is 32.1 Å². The Morgan fingerprint density at radius 1 is 0.519 bits per heavy atom. The number of aromatic nitrogens is 4. The van der Waals surface area contributed by atoms with Crippen LogP contribution in [0.4, 0.5) is 0 Å². The van der Waals surface area contributed by atoms with Crippen LogP contribution in [0, 0.1) is 0 Å². The van der Waals surface area contributed by atoms with Crippen molar-refractivity contribution in [2.75, 3.05) is 25.0 Å². The average molecular weight is 817 g/mol. The van der Waals surface area contributed by atoms with Crippen LogP contribution in [0.15, 0.2) is 105 Å². The van der Waals surface area contributed by atoms with Crippen LogP contribution in [0.25, 0.3) is 21.8 Å². The van der Waals surface area contributed by atoms with Gasteiger partial charge in [0.05, 0.1) is 43.7 Å². The largest absolute Gasteiger partial charge is 0.477 e. The van der Waals surface area contributed by atoms with Crippen molar-refractivity contribution in [3.05, 3.63) is 107 Å². The first-order valence-corrected chi connectivity index (χ1v) is 23.0. The minimum Gasteiger partial charge on any atom is -0.477 e. The summed E-state index contributed by atoms with van der Waals surface area (Å²) in [5.74, 6) is -2.42. The molecule has 54 heavy (non-hydrogen) atoms. The number of aromatic carboxylic acids is 2. The number of nitrogens with zero attached hydrogens (tertiary/aromatic N) is 4. The Labute approximate surface area is 310 Å². The molecule has 0 radical (unpaired) electrons. The molecule has 2 aromatic heterocycles. The highest BCUT2D eigenvalue weighted by atomic mass is 32.2. The minimum atomic E-state index is -3.47. The fourth-order valence-corrected chi connectivity index (χ4v) is 7.92. The lowest BCUT2D eigenvalue weighted by Gasteiger charge is -2.06. The molecule has 6 aromatic rings. The second-order valence-corrected chi connectivity index (χ2v) is 20.4. The van der Waals surface area contributed by atoms with Gasteiger partial charge in [-0.05, 0) is 71.8 Å². The summed E-state index contributed by atoms with van der Waals surface area (Å²) in [4.78, 5) is 23.6. The monoisotopic (exact) mass is 816 g/mol. The summed E-state index contributed by atoms with van der Waals surface area (Å²) >= 11 is 0. The molecule has 4 aromatic carbocycles. The third-order valence-corrected chi connectivity index (χ3v) is 12.5. The Morgan fingerprint density at radius 2 is 0.926 bits per heavy atom. The van der Waals surface area contributed by atoms with E-state index >= 15 is 0 Å². The molecule has 20 heteroatoms. The first-order chi connectivity index (χ1) is 24.9. The van der Waals surface area contributed by atoms with Crippen LogP contribution in [-0.2, 0) is 52.4 Å². The van der Waals surface area contributed by atoms with E-state index in [-0.39, 0.29) is 49.6 Å². The molecule has 0 aliphatic rings. The predicted molar refractivity (Wildman–Crippen MR) is 197 cm³/mol. The predicted octanol–water partition coefficient (Wildman–Crippen LogP) is 3.18. The minimum absolute atomic E-state index is 0.0501. The Balaban J connectivity index is 0.000000208. The third-order valence-electron chi connectivity index (χ3n) is 8.06. The summed E-state index contributed by atoms with van der Waals surface area (Å²) < 4.78 is 95.9. The van der Waals surface area contributed by atoms with Gasteiger partial charge in [0, 0.05) is 35.8 Å². The van der Waals surface area contributed by atoms with Gasteiger partial charge in [0.1, 0.15) is 0 Å². The molecule has 0 amide bonds. The van der Waals surface area contributed by atoms with Crippen LogP contribution in [0.3, 0.4) is 0 Å². The van der Waals surface area contributed by atoms with Crippen molar-refractivity contribution < 1.29 is 53.5 Å². The van der Waals surface area contributed by atoms with E-state index in [0.29, 0.717) is 27.4 Å². The number of carbonyl (C=O) groups is 2. The summed E-state index contributed by atoms with van der Waals surface area (Å²) in [6.45, 7) is 0.246. The SMILES string of the molecule is CS(=O)(=O)c1ccc(Cn2nc(C(=O)O)c3ccc(S(C)(=O)=O)cc32)cc1.CS(=O)(=O)c1ccc(Cn2nc3cc(S(C)(=O)=O)ccc3c2C(=O)O)cc1. The van der Waals surface area contributed by atoms with Crippen LogP contribution in [0.5, 0.6) is 0 Å². The van der Waals surface area contributed by atoms with Crippen molar-refractivity contribution in [1.82, 2.24) is 19.6 Å². The van der Waals surface area contributed by atoms with Crippen molar-refractivity contribution in [3.63, 3.8) is 0 Å². The molecule has 2 heterocycles. The van der Waals surface area contributed by atoms with Gasteiger partial charge in [-0.2, -0.15) is 10.2 Å². The molecule has 0 bridgehead atoms. The number of carboxylic acid groups (broad SMARTS) is 2. The fourth-order valence-electron chi connectivity index (χ4n) is 5.38. The maximum absolute atomic E-state index is 11.8.